The van der Waals surface area contributed by atoms with E-state index >= 15 is 0 Å². The van der Waals surface area contributed by atoms with Gasteiger partial charge in [-0.15, -0.1) is 24.0 Å². The third kappa shape index (κ3) is 6.05. The average Bonchev–Trinajstić information content (AvgIpc) is 2.94. The Morgan fingerprint density at radius 2 is 1.77 bits per heavy atom. The van der Waals surface area contributed by atoms with E-state index in [0.29, 0.717) is 6.54 Å². The SMILES string of the molecule is CCNC(=NCc1cnn(Cc2ccccc2)c1)NCC.I. The van der Waals surface area contributed by atoms with Crippen molar-refractivity contribution < 1.29 is 0 Å². The third-order valence-electron chi connectivity index (χ3n) is 2.98. The Hall–Kier alpha value is -1.57. The molecule has 0 amide bonds. The Balaban J connectivity index is 0.00000242. The molecule has 2 rings (SSSR count). The van der Waals surface area contributed by atoms with E-state index < -0.39 is 0 Å². The first-order valence-electron chi connectivity index (χ1n) is 7.39. The highest BCUT2D eigenvalue weighted by atomic mass is 127. The second kappa shape index (κ2) is 10.2. The van der Waals surface area contributed by atoms with Crippen LogP contribution in [0.5, 0.6) is 0 Å². The topological polar surface area (TPSA) is 54.2 Å². The summed E-state index contributed by atoms with van der Waals surface area (Å²) in [6.07, 6.45) is 3.92. The number of nitrogens with one attached hydrogen (secondary N) is 2. The number of aliphatic imine (C=N–C) groups is 1. The zero-order chi connectivity index (χ0) is 14.9. The van der Waals surface area contributed by atoms with Gasteiger partial charge in [-0.1, -0.05) is 30.3 Å². The summed E-state index contributed by atoms with van der Waals surface area (Å²) in [6.45, 7) is 7.26. The highest BCUT2D eigenvalue weighted by molar-refractivity contribution is 14.0. The van der Waals surface area contributed by atoms with Crippen LogP contribution in [0.2, 0.25) is 0 Å². The normalized spacial score (nSPS) is 9.73. The fourth-order valence-electron chi connectivity index (χ4n) is 2.02. The van der Waals surface area contributed by atoms with Crippen LogP contribution in [-0.2, 0) is 13.1 Å². The van der Waals surface area contributed by atoms with Crippen LogP contribution >= 0.6 is 24.0 Å². The molecule has 120 valence electrons. The minimum Gasteiger partial charge on any atom is -0.357 e. The second-order valence-electron chi connectivity index (χ2n) is 4.76. The fraction of sp³-hybridized carbons (Fsp3) is 0.375. The average molecular weight is 413 g/mol. The van der Waals surface area contributed by atoms with Crippen LogP contribution in [0.4, 0.5) is 0 Å². The summed E-state index contributed by atoms with van der Waals surface area (Å²) in [5.41, 5.74) is 2.36. The van der Waals surface area contributed by atoms with Crippen molar-refractivity contribution in [3.8, 4) is 0 Å². The predicted octanol–water partition coefficient (Wildman–Crippen LogP) is 2.62. The molecule has 0 saturated heterocycles. The quantitative estimate of drug-likeness (QED) is 0.435. The Bertz CT molecular complexity index is 557. The lowest BCUT2D eigenvalue weighted by Gasteiger charge is -2.08. The molecule has 5 nitrogen and oxygen atoms in total. The van der Waals surface area contributed by atoms with E-state index in [1.165, 1.54) is 5.56 Å². The molecular formula is C16H24IN5. The van der Waals surface area contributed by atoms with E-state index in [2.05, 4.69) is 46.7 Å². The summed E-state index contributed by atoms with van der Waals surface area (Å²) in [5.74, 6) is 0.843. The minimum absolute atomic E-state index is 0. The first-order valence-corrected chi connectivity index (χ1v) is 7.39. The van der Waals surface area contributed by atoms with Crippen molar-refractivity contribution >= 4 is 29.9 Å². The number of hydrogen-bond donors (Lipinski definition) is 2. The van der Waals surface area contributed by atoms with Gasteiger partial charge in [-0.25, -0.2) is 4.99 Å². The number of aromatic nitrogens is 2. The maximum Gasteiger partial charge on any atom is 0.191 e. The first-order chi connectivity index (χ1) is 10.3. The molecule has 0 aliphatic carbocycles. The second-order valence-corrected chi connectivity index (χ2v) is 4.76. The smallest absolute Gasteiger partial charge is 0.191 e. The Labute approximate surface area is 149 Å². The van der Waals surface area contributed by atoms with Gasteiger partial charge in [-0.05, 0) is 19.4 Å². The Morgan fingerprint density at radius 3 is 2.41 bits per heavy atom. The largest absolute Gasteiger partial charge is 0.357 e. The lowest BCUT2D eigenvalue weighted by Crippen LogP contribution is -2.36. The highest BCUT2D eigenvalue weighted by Crippen LogP contribution is 2.04. The molecule has 1 aromatic carbocycles. The standard InChI is InChI=1S/C16H23N5.HI/c1-3-17-16(18-4-2)19-10-15-11-20-21(13-15)12-14-8-6-5-7-9-14;/h5-9,11,13H,3-4,10,12H2,1-2H3,(H2,17,18,19);1H. The number of halogens is 1. The van der Waals surface area contributed by atoms with Crippen LogP contribution in [0.15, 0.2) is 47.7 Å². The van der Waals surface area contributed by atoms with Crippen LogP contribution in [0, 0.1) is 0 Å². The van der Waals surface area contributed by atoms with Crippen LogP contribution in [0.3, 0.4) is 0 Å². The number of hydrogen-bond acceptors (Lipinski definition) is 2. The van der Waals surface area contributed by atoms with Gasteiger partial charge in [0, 0.05) is 24.8 Å². The summed E-state index contributed by atoms with van der Waals surface area (Å²) in [5, 5.41) is 10.8. The van der Waals surface area contributed by atoms with E-state index in [0.717, 1.165) is 31.2 Å². The van der Waals surface area contributed by atoms with Crippen LogP contribution in [0.1, 0.15) is 25.0 Å². The summed E-state index contributed by atoms with van der Waals surface area (Å²) in [7, 11) is 0. The molecule has 0 unspecified atom stereocenters. The van der Waals surface area contributed by atoms with E-state index in [1.54, 1.807) is 0 Å². The van der Waals surface area contributed by atoms with Crippen molar-refractivity contribution in [3.05, 3.63) is 53.9 Å². The molecule has 0 radical (unpaired) electrons. The number of nitrogens with zero attached hydrogens (tertiary/aromatic N) is 3. The molecule has 22 heavy (non-hydrogen) atoms. The van der Waals surface area contributed by atoms with E-state index in [-0.39, 0.29) is 24.0 Å². The molecule has 0 aliphatic heterocycles. The highest BCUT2D eigenvalue weighted by Gasteiger charge is 2.00. The maximum atomic E-state index is 4.53. The molecule has 1 aromatic heterocycles. The Morgan fingerprint density at radius 1 is 1.09 bits per heavy atom. The van der Waals surface area contributed by atoms with Crippen molar-refractivity contribution in [3.63, 3.8) is 0 Å². The molecule has 2 aromatic rings. The number of benzene rings is 1. The first kappa shape index (κ1) is 18.5. The van der Waals surface area contributed by atoms with Crippen molar-refractivity contribution in [2.75, 3.05) is 13.1 Å². The molecule has 0 bridgehead atoms. The van der Waals surface area contributed by atoms with Crippen molar-refractivity contribution in [1.29, 1.82) is 0 Å². The molecule has 0 fully saturated rings. The van der Waals surface area contributed by atoms with Gasteiger partial charge in [0.2, 0.25) is 0 Å². The fourth-order valence-corrected chi connectivity index (χ4v) is 2.02. The zero-order valence-electron chi connectivity index (χ0n) is 13.1. The van der Waals surface area contributed by atoms with Gasteiger partial charge < -0.3 is 10.6 Å². The van der Waals surface area contributed by atoms with Crippen LogP contribution in [-0.4, -0.2) is 28.8 Å². The van der Waals surface area contributed by atoms with E-state index in [4.69, 9.17) is 0 Å². The Kier molecular flexibility index (Phi) is 8.57. The number of rotatable bonds is 6. The lowest BCUT2D eigenvalue weighted by molar-refractivity contribution is 0.686. The van der Waals surface area contributed by atoms with Gasteiger partial charge in [0.05, 0.1) is 19.3 Å². The van der Waals surface area contributed by atoms with Gasteiger partial charge in [-0.2, -0.15) is 5.10 Å². The van der Waals surface area contributed by atoms with Gasteiger partial charge >= 0.3 is 0 Å². The van der Waals surface area contributed by atoms with Crippen molar-refractivity contribution in [2.24, 2.45) is 4.99 Å². The molecule has 1 heterocycles. The molecule has 0 atom stereocenters. The summed E-state index contributed by atoms with van der Waals surface area (Å²) >= 11 is 0. The van der Waals surface area contributed by atoms with Crippen molar-refractivity contribution in [1.82, 2.24) is 20.4 Å². The molecule has 6 heteroatoms. The summed E-state index contributed by atoms with van der Waals surface area (Å²) in [6, 6.07) is 10.3. The van der Waals surface area contributed by atoms with Gasteiger partial charge in [-0.3, -0.25) is 4.68 Å². The molecule has 0 aliphatic rings. The number of guanidine groups is 1. The van der Waals surface area contributed by atoms with Crippen LogP contribution < -0.4 is 10.6 Å². The third-order valence-corrected chi connectivity index (χ3v) is 2.98. The van der Waals surface area contributed by atoms with Crippen molar-refractivity contribution in [2.45, 2.75) is 26.9 Å². The van der Waals surface area contributed by atoms with Gasteiger partial charge in [0.15, 0.2) is 5.96 Å². The summed E-state index contributed by atoms with van der Waals surface area (Å²) < 4.78 is 1.94. The van der Waals surface area contributed by atoms with Crippen LogP contribution in [0.25, 0.3) is 0 Å². The molecule has 0 spiro atoms. The lowest BCUT2D eigenvalue weighted by atomic mass is 10.2. The van der Waals surface area contributed by atoms with Gasteiger partial charge in [0.25, 0.3) is 0 Å². The van der Waals surface area contributed by atoms with Gasteiger partial charge in [0.1, 0.15) is 0 Å². The zero-order valence-corrected chi connectivity index (χ0v) is 15.5. The predicted molar refractivity (Wildman–Crippen MR) is 102 cm³/mol. The molecule has 0 saturated carbocycles. The minimum atomic E-state index is 0. The monoisotopic (exact) mass is 413 g/mol. The summed E-state index contributed by atoms with van der Waals surface area (Å²) in [4.78, 5) is 4.53. The molecule has 2 N–H and O–H groups in total. The van der Waals surface area contributed by atoms with E-state index in [1.807, 2.05) is 35.3 Å². The molecular weight excluding hydrogens is 389 g/mol. The van der Waals surface area contributed by atoms with E-state index in [9.17, 15) is 0 Å². The maximum absolute atomic E-state index is 4.53.